The third-order valence-electron chi connectivity index (χ3n) is 3.67. The number of hydrogen-bond acceptors (Lipinski definition) is 3. The molecule has 0 amide bonds. The first-order chi connectivity index (χ1) is 8.30. The highest BCUT2D eigenvalue weighted by Gasteiger charge is 2.33. The molecule has 0 aromatic carbocycles. The van der Waals surface area contributed by atoms with Gasteiger partial charge in [0.05, 0.1) is 11.3 Å². The van der Waals surface area contributed by atoms with Crippen LogP contribution in [0.2, 0.25) is 0 Å². The SMILES string of the molecule is Cn1cc(CNCC2(O)CCC2)c(C(C)(C)C)n1. The van der Waals surface area contributed by atoms with E-state index in [0.29, 0.717) is 6.54 Å². The van der Waals surface area contributed by atoms with Gasteiger partial charge < -0.3 is 10.4 Å². The second kappa shape index (κ2) is 4.67. The van der Waals surface area contributed by atoms with E-state index in [-0.39, 0.29) is 5.41 Å². The van der Waals surface area contributed by atoms with Crippen LogP contribution in [0.25, 0.3) is 0 Å². The predicted octanol–water partition coefficient (Wildman–Crippen LogP) is 1.72. The molecule has 2 rings (SSSR count). The maximum Gasteiger partial charge on any atom is 0.0771 e. The fourth-order valence-corrected chi connectivity index (χ4v) is 2.49. The molecule has 18 heavy (non-hydrogen) atoms. The first kappa shape index (κ1) is 13.6. The molecule has 2 N–H and O–H groups in total. The quantitative estimate of drug-likeness (QED) is 0.856. The zero-order valence-electron chi connectivity index (χ0n) is 12.0. The lowest BCUT2D eigenvalue weighted by Crippen LogP contribution is -2.46. The van der Waals surface area contributed by atoms with Gasteiger partial charge in [0.2, 0.25) is 0 Å². The third kappa shape index (κ3) is 2.93. The van der Waals surface area contributed by atoms with Crippen molar-refractivity contribution in [2.24, 2.45) is 7.05 Å². The van der Waals surface area contributed by atoms with Crippen molar-refractivity contribution in [3.8, 4) is 0 Å². The maximum absolute atomic E-state index is 10.0. The van der Waals surface area contributed by atoms with Crippen molar-refractivity contribution in [2.45, 2.75) is 57.6 Å². The van der Waals surface area contributed by atoms with E-state index in [1.807, 2.05) is 11.7 Å². The van der Waals surface area contributed by atoms with Crippen LogP contribution in [-0.4, -0.2) is 27.0 Å². The number of aliphatic hydroxyl groups is 1. The van der Waals surface area contributed by atoms with Crippen LogP contribution in [0.4, 0.5) is 0 Å². The summed E-state index contributed by atoms with van der Waals surface area (Å²) in [7, 11) is 1.96. The molecule has 0 bridgehead atoms. The van der Waals surface area contributed by atoms with Crippen LogP contribution in [-0.2, 0) is 19.0 Å². The molecule has 4 heteroatoms. The minimum Gasteiger partial charge on any atom is -0.389 e. The second-order valence-electron chi connectivity index (χ2n) is 6.61. The molecule has 1 aliphatic carbocycles. The molecule has 1 aliphatic rings. The highest BCUT2D eigenvalue weighted by atomic mass is 16.3. The first-order valence-corrected chi connectivity index (χ1v) is 6.76. The molecule has 1 saturated carbocycles. The highest BCUT2D eigenvalue weighted by Crippen LogP contribution is 2.31. The Kier molecular flexibility index (Phi) is 3.52. The lowest BCUT2D eigenvalue weighted by atomic mass is 9.80. The average Bonchev–Trinajstić information content (AvgIpc) is 2.57. The lowest BCUT2D eigenvalue weighted by Gasteiger charge is -2.36. The van der Waals surface area contributed by atoms with E-state index in [4.69, 9.17) is 0 Å². The second-order valence-corrected chi connectivity index (χ2v) is 6.61. The van der Waals surface area contributed by atoms with Crippen LogP contribution in [0.15, 0.2) is 6.20 Å². The lowest BCUT2D eigenvalue weighted by molar-refractivity contribution is -0.0314. The molecule has 0 unspecified atom stereocenters. The Bertz CT molecular complexity index is 413. The van der Waals surface area contributed by atoms with Gasteiger partial charge in [-0.1, -0.05) is 20.8 Å². The van der Waals surface area contributed by atoms with Gasteiger partial charge in [0, 0.05) is 37.3 Å². The minimum absolute atomic E-state index is 0.0612. The zero-order chi connectivity index (χ0) is 13.4. The van der Waals surface area contributed by atoms with Gasteiger partial charge in [-0.05, 0) is 19.3 Å². The molecule has 0 aliphatic heterocycles. The molecule has 4 nitrogen and oxygen atoms in total. The highest BCUT2D eigenvalue weighted by molar-refractivity contribution is 5.23. The molecule has 1 heterocycles. The summed E-state index contributed by atoms with van der Waals surface area (Å²) in [6.45, 7) is 8.00. The van der Waals surface area contributed by atoms with E-state index in [9.17, 15) is 5.11 Å². The Morgan fingerprint density at radius 3 is 2.61 bits per heavy atom. The fourth-order valence-electron chi connectivity index (χ4n) is 2.49. The monoisotopic (exact) mass is 251 g/mol. The Hall–Kier alpha value is -0.870. The number of nitrogens with one attached hydrogen (secondary N) is 1. The Labute approximate surface area is 109 Å². The molecular weight excluding hydrogens is 226 g/mol. The Balaban J connectivity index is 1.96. The van der Waals surface area contributed by atoms with E-state index < -0.39 is 5.60 Å². The Morgan fingerprint density at radius 2 is 2.11 bits per heavy atom. The zero-order valence-corrected chi connectivity index (χ0v) is 12.0. The van der Waals surface area contributed by atoms with Crippen LogP contribution >= 0.6 is 0 Å². The van der Waals surface area contributed by atoms with Gasteiger partial charge in [-0.15, -0.1) is 0 Å². The van der Waals surface area contributed by atoms with Gasteiger partial charge in [-0.3, -0.25) is 4.68 Å². The van der Waals surface area contributed by atoms with Crippen LogP contribution in [0, 0.1) is 0 Å². The standard InChI is InChI=1S/C14H25N3O/c1-13(2,3)12-11(9-17(4)16-12)8-15-10-14(18)6-5-7-14/h9,15,18H,5-8,10H2,1-4H3. The summed E-state index contributed by atoms with van der Waals surface area (Å²) in [5.74, 6) is 0. The summed E-state index contributed by atoms with van der Waals surface area (Å²) < 4.78 is 1.87. The van der Waals surface area contributed by atoms with E-state index in [0.717, 1.165) is 31.5 Å². The van der Waals surface area contributed by atoms with Gasteiger partial charge in [-0.25, -0.2) is 0 Å². The van der Waals surface area contributed by atoms with Crippen molar-refractivity contribution >= 4 is 0 Å². The smallest absolute Gasteiger partial charge is 0.0771 e. The van der Waals surface area contributed by atoms with Gasteiger partial charge in [0.1, 0.15) is 0 Å². The van der Waals surface area contributed by atoms with Crippen molar-refractivity contribution in [3.05, 3.63) is 17.5 Å². The summed E-state index contributed by atoms with van der Waals surface area (Å²) in [5, 5.41) is 18.0. The van der Waals surface area contributed by atoms with E-state index >= 15 is 0 Å². The normalized spacial score (nSPS) is 18.7. The molecule has 1 aromatic heterocycles. The summed E-state index contributed by atoms with van der Waals surface area (Å²) in [6.07, 6.45) is 5.08. The minimum atomic E-state index is -0.454. The maximum atomic E-state index is 10.0. The van der Waals surface area contributed by atoms with Crippen molar-refractivity contribution in [3.63, 3.8) is 0 Å². The number of rotatable bonds is 4. The molecule has 0 radical (unpaired) electrons. The van der Waals surface area contributed by atoms with Crippen molar-refractivity contribution in [1.82, 2.24) is 15.1 Å². The predicted molar refractivity (Wildman–Crippen MR) is 72.4 cm³/mol. The summed E-state index contributed by atoms with van der Waals surface area (Å²) in [5.41, 5.74) is 1.97. The largest absolute Gasteiger partial charge is 0.389 e. The summed E-state index contributed by atoms with van der Waals surface area (Å²) >= 11 is 0. The van der Waals surface area contributed by atoms with Crippen LogP contribution < -0.4 is 5.32 Å². The number of aryl methyl sites for hydroxylation is 1. The molecule has 1 fully saturated rings. The van der Waals surface area contributed by atoms with Crippen LogP contribution in [0.3, 0.4) is 0 Å². The molecule has 0 saturated heterocycles. The first-order valence-electron chi connectivity index (χ1n) is 6.76. The van der Waals surface area contributed by atoms with Gasteiger partial charge >= 0.3 is 0 Å². The summed E-state index contributed by atoms with van der Waals surface area (Å²) in [6, 6.07) is 0. The molecule has 0 spiro atoms. The Morgan fingerprint density at radius 1 is 1.44 bits per heavy atom. The fraction of sp³-hybridized carbons (Fsp3) is 0.786. The molecular formula is C14H25N3O. The van der Waals surface area contributed by atoms with Gasteiger partial charge in [0.25, 0.3) is 0 Å². The molecule has 0 atom stereocenters. The van der Waals surface area contributed by atoms with Crippen LogP contribution in [0.1, 0.15) is 51.3 Å². The van der Waals surface area contributed by atoms with Gasteiger partial charge in [0.15, 0.2) is 0 Å². The number of hydrogen-bond donors (Lipinski definition) is 2. The van der Waals surface area contributed by atoms with Gasteiger partial charge in [-0.2, -0.15) is 5.10 Å². The van der Waals surface area contributed by atoms with E-state index in [2.05, 4.69) is 37.4 Å². The number of aromatic nitrogens is 2. The van der Waals surface area contributed by atoms with Crippen LogP contribution in [0.5, 0.6) is 0 Å². The third-order valence-corrected chi connectivity index (χ3v) is 3.67. The average molecular weight is 251 g/mol. The van der Waals surface area contributed by atoms with E-state index in [1.54, 1.807) is 0 Å². The van der Waals surface area contributed by atoms with Crippen molar-refractivity contribution in [1.29, 1.82) is 0 Å². The molecule has 1 aromatic rings. The van der Waals surface area contributed by atoms with Crippen molar-refractivity contribution in [2.75, 3.05) is 6.54 Å². The topological polar surface area (TPSA) is 50.1 Å². The van der Waals surface area contributed by atoms with Crippen molar-refractivity contribution < 1.29 is 5.11 Å². The number of nitrogens with zero attached hydrogens (tertiary/aromatic N) is 2. The molecule has 102 valence electrons. The summed E-state index contributed by atoms with van der Waals surface area (Å²) in [4.78, 5) is 0. The van der Waals surface area contributed by atoms with E-state index in [1.165, 1.54) is 5.56 Å².